The molecule has 2 amide bonds. The van der Waals surface area contributed by atoms with E-state index in [9.17, 15) is 9.00 Å². The van der Waals surface area contributed by atoms with Crippen LogP contribution >= 0.6 is 11.3 Å². The summed E-state index contributed by atoms with van der Waals surface area (Å²) < 4.78 is 11.3. The van der Waals surface area contributed by atoms with Gasteiger partial charge in [-0.05, 0) is 31.2 Å². The highest BCUT2D eigenvalue weighted by Crippen LogP contribution is 2.19. The van der Waals surface area contributed by atoms with Gasteiger partial charge in [0.15, 0.2) is 0 Å². The molecular weight excluding hydrogens is 318 g/mol. The van der Waals surface area contributed by atoms with Gasteiger partial charge in [-0.3, -0.25) is 4.21 Å². The summed E-state index contributed by atoms with van der Waals surface area (Å²) >= 11 is 1.61. The Morgan fingerprint density at radius 3 is 2.59 bits per heavy atom. The zero-order valence-corrected chi connectivity index (χ0v) is 14.4. The summed E-state index contributed by atoms with van der Waals surface area (Å²) in [6, 6.07) is 6.71. The maximum absolute atomic E-state index is 11.9. The largest absolute Gasteiger partial charge is 0.337 e. The van der Waals surface area contributed by atoms with Crippen LogP contribution in [-0.4, -0.2) is 28.0 Å². The second kappa shape index (κ2) is 7.51. The number of hydrogen-bond donors (Lipinski definition) is 2. The van der Waals surface area contributed by atoms with Crippen LogP contribution in [0.3, 0.4) is 0 Å². The summed E-state index contributed by atoms with van der Waals surface area (Å²) in [4.78, 5) is 17.0. The average molecular weight is 337 g/mol. The van der Waals surface area contributed by atoms with Crippen LogP contribution in [0.15, 0.2) is 34.5 Å². The molecule has 0 aliphatic rings. The van der Waals surface area contributed by atoms with Crippen LogP contribution in [0.4, 0.5) is 10.5 Å². The number of nitrogens with one attached hydrogen (secondary N) is 2. The second-order valence-electron chi connectivity index (χ2n) is 5.04. The Labute approximate surface area is 136 Å². The van der Waals surface area contributed by atoms with E-state index >= 15 is 0 Å². The van der Waals surface area contributed by atoms with Crippen LogP contribution in [0.2, 0.25) is 0 Å². The smallest absolute Gasteiger partial charge is 0.319 e. The Kier molecular flexibility index (Phi) is 5.68. The number of hydrogen-bond acceptors (Lipinski definition) is 4. The fourth-order valence-corrected chi connectivity index (χ4v) is 3.21. The van der Waals surface area contributed by atoms with Crippen LogP contribution < -0.4 is 10.6 Å². The number of thiazole rings is 1. The molecule has 2 atom stereocenters. The molecule has 1 aromatic heterocycles. The van der Waals surface area contributed by atoms with Gasteiger partial charge in [0, 0.05) is 51.2 Å². The lowest BCUT2D eigenvalue weighted by atomic mass is 10.2. The Balaban J connectivity index is 1.83. The number of benzene rings is 1. The first-order valence-corrected chi connectivity index (χ1v) is 9.30. The van der Waals surface area contributed by atoms with Crippen LogP contribution in [0.1, 0.15) is 23.5 Å². The van der Waals surface area contributed by atoms with Crippen LogP contribution in [0.5, 0.6) is 0 Å². The van der Waals surface area contributed by atoms with Gasteiger partial charge in [0.05, 0.1) is 5.01 Å². The maximum Gasteiger partial charge on any atom is 0.319 e. The lowest BCUT2D eigenvalue weighted by Gasteiger charge is -2.11. The number of rotatable bonds is 5. The number of urea groups is 1. The number of carbonyl (C=O) groups excluding carboxylic acids is 1. The van der Waals surface area contributed by atoms with Crippen molar-refractivity contribution in [3.8, 4) is 0 Å². The molecule has 2 N–H and O–H groups in total. The molecule has 1 heterocycles. The highest BCUT2D eigenvalue weighted by atomic mass is 32.2. The number of aromatic nitrogens is 1. The van der Waals surface area contributed by atoms with Gasteiger partial charge < -0.3 is 10.6 Å². The summed E-state index contributed by atoms with van der Waals surface area (Å²) in [5.41, 5.74) is 1.68. The molecule has 1 aromatic carbocycles. The molecule has 118 valence electrons. The van der Waals surface area contributed by atoms with E-state index in [2.05, 4.69) is 15.6 Å². The second-order valence-corrected chi connectivity index (χ2v) is 7.31. The molecular formula is C15H19N3O2S2. The predicted molar refractivity (Wildman–Crippen MR) is 91.1 cm³/mol. The Morgan fingerprint density at radius 1 is 1.36 bits per heavy atom. The number of carbonyl (C=O) groups is 1. The SMILES string of the molecule is Cc1csc([C@@H](C)CNC(=O)Nc2ccc([S@@](C)=O)cc2)n1. The van der Waals surface area contributed by atoms with Crippen molar-refractivity contribution >= 4 is 33.9 Å². The van der Waals surface area contributed by atoms with E-state index in [1.54, 1.807) is 41.9 Å². The van der Waals surface area contributed by atoms with Gasteiger partial charge in [-0.15, -0.1) is 11.3 Å². The fourth-order valence-electron chi connectivity index (χ4n) is 1.84. The van der Waals surface area contributed by atoms with Gasteiger partial charge >= 0.3 is 6.03 Å². The molecule has 22 heavy (non-hydrogen) atoms. The maximum atomic E-state index is 11.9. The van der Waals surface area contributed by atoms with E-state index < -0.39 is 10.8 Å². The van der Waals surface area contributed by atoms with Crippen LogP contribution in [0, 0.1) is 6.92 Å². The van der Waals surface area contributed by atoms with Gasteiger partial charge in [-0.25, -0.2) is 9.78 Å². The summed E-state index contributed by atoms with van der Waals surface area (Å²) in [5, 5.41) is 8.61. The number of amides is 2. The molecule has 0 aliphatic carbocycles. The zero-order chi connectivity index (χ0) is 16.1. The van der Waals surface area contributed by atoms with Crippen molar-refractivity contribution in [1.82, 2.24) is 10.3 Å². The molecule has 2 rings (SSSR count). The highest BCUT2D eigenvalue weighted by Gasteiger charge is 2.11. The zero-order valence-electron chi connectivity index (χ0n) is 12.8. The first-order chi connectivity index (χ1) is 10.5. The molecule has 0 bridgehead atoms. The number of nitrogens with zero attached hydrogens (tertiary/aromatic N) is 1. The third-order valence-corrected chi connectivity index (χ3v) is 5.20. The van der Waals surface area contributed by atoms with Crippen molar-refractivity contribution < 1.29 is 9.00 Å². The minimum Gasteiger partial charge on any atom is -0.337 e. The standard InChI is InChI=1S/C15H19N3O2S2/c1-10(14-17-11(2)9-21-14)8-16-15(19)18-12-4-6-13(7-5-12)22(3)20/h4-7,9-10H,8H2,1-3H3,(H2,16,18,19)/t10-,22+/m0/s1. The minimum absolute atomic E-state index is 0.175. The van der Waals surface area contributed by atoms with Crippen LogP contribution in [-0.2, 0) is 10.8 Å². The Hall–Kier alpha value is -1.73. The highest BCUT2D eigenvalue weighted by molar-refractivity contribution is 7.84. The predicted octanol–water partition coefficient (Wildman–Crippen LogP) is 3.11. The van der Waals surface area contributed by atoms with Crippen molar-refractivity contribution in [1.29, 1.82) is 0 Å². The third kappa shape index (κ3) is 4.64. The van der Waals surface area contributed by atoms with E-state index in [1.165, 1.54) is 0 Å². The topological polar surface area (TPSA) is 71.1 Å². The summed E-state index contributed by atoms with van der Waals surface area (Å²) in [6.07, 6.45) is 1.62. The quantitative estimate of drug-likeness (QED) is 0.880. The monoisotopic (exact) mass is 337 g/mol. The van der Waals surface area contributed by atoms with Crippen molar-refractivity contribution in [2.45, 2.75) is 24.7 Å². The molecule has 0 unspecified atom stereocenters. The van der Waals surface area contributed by atoms with E-state index in [4.69, 9.17) is 0 Å². The Bertz CT molecular complexity index is 668. The van der Waals surface area contributed by atoms with Gasteiger partial charge in [0.1, 0.15) is 0 Å². The third-order valence-electron chi connectivity index (χ3n) is 3.07. The van der Waals surface area contributed by atoms with Gasteiger partial charge in [0.25, 0.3) is 0 Å². The fraction of sp³-hybridized carbons (Fsp3) is 0.333. The lowest BCUT2D eigenvalue weighted by Crippen LogP contribution is -2.31. The van der Waals surface area contributed by atoms with Crippen molar-refractivity contribution in [3.05, 3.63) is 40.3 Å². The van der Waals surface area contributed by atoms with E-state index in [-0.39, 0.29) is 11.9 Å². The molecule has 7 heteroatoms. The summed E-state index contributed by atoms with van der Waals surface area (Å²) in [5.74, 6) is 0.175. The summed E-state index contributed by atoms with van der Waals surface area (Å²) in [6.45, 7) is 4.51. The first-order valence-electron chi connectivity index (χ1n) is 6.86. The van der Waals surface area contributed by atoms with E-state index in [1.807, 2.05) is 19.2 Å². The molecule has 0 saturated heterocycles. The number of aryl methyl sites for hydroxylation is 1. The minimum atomic E-state index is -1.01. The van der Waals surface area contributed by atoms with Crippen LogP contribution in [0.25, 0.3) is 0 Å². The van der Waals surface area contributed by atoms with E-state index in [0.717, 1.165) is 15.6 Å². The Morgan fingerprint density at radius 2 is 2.05 bits per heavy atom. The van der Waals surface area contributed by atoms with Gasteiger partial charge in [-0.2, -0.15) is 0 Å². The number of anilines is 1. The normalized spacial score (nSPS) is 13.4. The van der Waals surface area contributed by atoms with Crippen molar-refractivity contribution in [2.75, 3.05) is 18.1 Å². The molecule has 2 aromatic rings. The molecule has 0 spiro atoms. The summed E-state index contributed by atoms with van der Waals surface area (Å²) in [7, 11) is -1.01. The van der Waals surface area contributed by atoms with E-state index in [0.29, 0.717) is 12.2 Å². The van der Waals surface area contributed by atoms with Crippen molar-refractivity contribution in [3.63, 3.8) is 0 Å². The lowest BCUT2D eigenvalue weighted by molar-refractivity contribution is 0.251. The molecule has 0 radical (unpaired) electrons. The molecule has 5 nitrogen and oxygen atoms in total. The molecule has 0 aliphatic heterocycles. The van der Waals surface area contributed by atoms with Gasteiger partial charge in [-0.1, -0.05) is 6.92 Å². The van der Waals surface area contributed by atoms with Crippen molar-refractivity contribution in [2.24, 2.45) is 0 Å². The first kappa shape index (κ1) is 16.6. The molecule has 0 saturated carbocycles. The average Bonchev–Trinajstić information content (AvgIpc) is 2.92. The molecule has 0 fully saturated rings. The van der Waals surface area contributed by atoms with Gasteiger partial charge in [0.2, 0.25) is 0 Å².